The number of likely N-dealkylation sites (tertiary alicyclic amines) is 1. The minimum Gasteiger partial charge on any atom is -0.508 e. The Hall–Kier alpha value is -7.43. The number of aliphatic imine (C=N–C) groups is 2. The first-order valence-electron chi connectivity index (χ1n) is 28.7. The first-order chi connectivity index (χ1) is 39.7. The number of carboxylic acids is 1. The molecule has 0 radical (unpaired) electrons. The van der Waals surface area contributed by atoms with Gasteiger partial charge in [-0.2, -0.15) is 11.8 Å². The molecule has 2 aliphatic rings. The van der Waals surface area contributed by atoms with Crippen LogP contribution in [0.3, 0.4) is 0 Å². The molecule has 3 rings (SSSR count). The maximum absolute atomic E-state index is 14.9. The molecule has 2 fully saturated rings. The van der Waals surface area contributed by atoms with Gasteiger partial charge in [0.25, 0.3) is 0 Å². The van der Waals surface area contributed by atoms with Crippen LogP contribution in [0.1, 0.15) is 118 Å². The van der Waals surface area contributed by atoms with E-state index in [9.17, 15) is 58.2 Å². The van der Waals surface area contributed by atoms with Crippen LogP contribution in [0.25, 0.3) is 0 Å². The number of aromatic hydroxyl groups is 1. The summed E-state index contributed by atoms with van der Waals surface area (Å²) < 4.78 is 0. The number of rotatable bonds is 36. The second kappa shape index (κ2) is 36.3. The molecular formula is C55H92N16O12S. The number of thioether (sulfide) groups is 1. The number of guanidine groups is 2. The van der Waals surface area contributed by atoms with Crippen LogP contribution in [0.5, 0.6) is 5.75 Å². The zero-order chi connectivity index (χ0) is 62.6. The molecule has 1 aromatic rings. The van der Waals surface area contributed by atoms with Gasteiger partial charge in [0.05, 0.1) is 12.6 Å². The highest BCUT2D eigenvalue weighted by Crippen LogP contribution is 2.22. The summed E-state index contributed by atoms with van der Waals surface area (Å²) in [5, 5.41) is 44.6. The Morgan fingerprint density at radius 2 is 1.15 bits per heavy atom. The van der Waals surface area contributed by atoms with Crippen molar-refractivity contribution in [1.29, 1.82) is 0 Å². The second-order valence-corrected chi connectivity index (χ2v) is 23.3. The Morgan fingerprint density at radius 3 is 1.67 bits per heavy atom. The van der Waals surface area contributed by atoms with Crippen molar-refractivity contribution in [2.45, 2.75) is 173 Å². The Morgan fingerprint density at radius 1 is 0.643 bits per heavy atom. The van der Waals surface area contributed by atoms with Gasteiger partial charge in [-0.25, -0.2) is 4.79 Å². The van der Waals surface area contributed by atoms with E-state index in [0.717, 1.165) is 6.42 Å². The fourth-order valence-electron chi connectivity index (χ4n) is 9.59. The van der Waals surface area contributed by atoms with Gasteiger partial charge >= 0.3 is 5.97 Å². The lowest BCUT2D eigenvalue weighted by Gasteiger charge is -2.31. The molecule has 470 valence electrons. The number of phenolic OH excluding ortho intramolecular Hbond substituents is 1. The lowest BCUT2D eigenvalue weighted by Crippen LogP contribution is -2.60. The standard InChI is InChI=1S/C55H92N16O12S/c1-30(2)26-39(67-46(75)37(14-10-23-62-55(58)59)66-51(80)44(32(5)6)70-43(73)29-63-45(74)35-12-8-21-60-35)49(78)68-40(28-33-16-18-34(72)19-17-33)52(81)71-24-11-15-42(71)50(79)65-38(20-25-84-7)48(77)64-36(13-9-22-61-54(56)57)47(76)69-41(53(82)83)27-31(3)4/h16-19,30-32,35-42,44,60,72H,8-15,20-29H2,1-7H3,(H,63,74)(H,64,77)(H,65,79)(H,66,80)(H,67,75)(H,68,78)(H,69,76)(H,70,73)(H,82,83)(H4,56,57,61)(H4,58,59,62)/t35-,36-,37-,38-,39-,40-,41-,42-,44-/m0/s1. The third-order valence-corrected chi connectivity index (χ3v) is 14.6. The maximum atomic E-state index is 14.9. The van der Waals surface area contributed by atoms with E-state index < -0.39 is 120 Å². The van der Waals surface area contributed by atoms with E-state index in [2.05, 4.69) is 57.8 Å². The first kappa shape index (κ1) is 70.8. The van der Waals surface area contributed by atoms with E-state index in [4.69, 9.17) is 22.9 Å². The van der Waals surface area contributed by atoms with Crippen molar-refractivity contribution in [2.75, 3.05) is 44.7 Å². The number of amides is 9. The molecule has 2 aliphatic heterocycles. The molecular weight excluding hydrogens is 1110 g/mol. The highest BCUT2D eigenvalue weighted by molar-refractivity contribution is 7.98. The van der Waals surface area contributed by atoms with Gasteiger partial charge in [0.2, 0.25) is 53.2 Å². The molecule has 28 nitrogen and oxygen atoms in total. The predicted octanol–water partition coefficient (Wildman–Crippen LogP) is -2.12. The molecule has 84 heavy (non-hydrogen) atoms. The number of hydrogen-bond donors (Lipinski definition) is 15. The predicted molar refractivity (Wildman–Crippen MR) is 318 cm³/mol. The van der Waals surface area contributed by atoms with Gasteiger partial charge in [-0.3, -0.25) is 53.1 Å². The van der Waals surface area contributed by atoms with Crippen LogP contribution in [-0.2, 0) is 54.4 Å². The molecule has 0 aromatic heterocycles. The van der Waals surface area contributed by atoms with Gasteiger partial charge in [0, 0.05) is 26.1 Å². The van der Waals surface area contributed by atoms with Crippen LogP contribution >= 0.6 is 11.8 Å². The van der Waals surface area contributed by atoms with Crippen LogP contribution in [-0.4, -0.2) is 185 Å². The molecule has 0 bridgehead atoms. The monoisotopic (exact) mass is 1200 g/mol. The number of nitrogens with one attached hydrogen (secondary N) is 9. The third kappa shape index (κ3) is 25.2. The summed E-state index contributed by atoms with van der Waals surface area (Å²) in [7, 11) is 0. The number of phenols is 1. The molecule has 9 atom stereocenters. The largest absolute Gasteiger partial charge is 0.508 e. The zero-order valence-electron chi connectivity index (χ0n) is 49.5. The topological polar surface area (TPSA) is 451 Å². The minimum atomic E-state index is -1.36. The smallest absolute Gasteiger partial charge is 0.326 e. The Bertz CT molecular complexity index is 2430. The van der Waals surface area contributed by atoms with Gasteiger partial charge in [-0.15, -0.1) is 0 Å². The van der Waals surface area contributed by atoms with E-state index in [1.165, 1.54) is 28.8 Å². The Labute approximate surface area is 495 Å². The first-order valence-corrected chi connectivity index (χ1v) is 30.1. The summed E-state index contributed by atoms with van der Waals surface area (Å²) in [5.41, 5.74) is 22.6. The number of hydrogen-bond acceptors (Lipinski definition) is 15. The summed E-state index contributed by atoms with van der Waals surface area (Å²) in [6.45, 7) is 11.2. The van der Waals surface area contributed by atoms with Crippen LogP contribution in [0, 0.1) is 17.8 Å². The van der Waals surface area contributed by atoms with E-state index in [0.29, 0.717) is 30.7 Å². The zero-order valence-corrected chi connectivity index (χ0v) is 50.3. The average Bonchev–Trinajstić information content (AvgIpc) is 4.33. The highest BCUT2D eigenvalue weighted by atomic mass is 32.2. The Balaban J connectivity index is 1.92. The number of carbonyl (C=O) groups excluding carboxylic acids is 9. The highest BCUT2D eigenvalue weighted by Gasteiger charge is 2.41. The molecule has 0 saturated carbocycles. The molecule has 19 N–H and O–H groups in total. The molecule has 0 unspecified atom stereocenters. The van der Waals surface area contributed by atoms with Crippen molar-refractivity contribution in [3.05, 3.63) is 29.8 Å². The summed E-state index contributed by atoms with van der Waals surface area (Å²) in [6, 6.07) is -4.44. The van der Waals surface area contributed by atoms with Crippen molar-refractivity contribution < 1.29 is 58.2 Å². The van der Waals surface area contributed by atoms with Gasteiger partial charge in [0.15, 0.2) is 11.9 Å². The van der Waals surface area contributed by atoms with Crippen LogP contribution in [0.15, 0.2) is 34.3 Å². The lowest BCUT2D eigenvalue weighted by atomic mass is 9.99. The van der Waals surface area contributed by atoms with Gasteiger partial charge in [0.1, 0.15) is 54.1 Å². The van der Waals surface area contributed by atoms with E-state index >= 15 is 0 Å². The quantitative estimate of drug-likeness (QED) is 0.0194. The summed E-state index contributed by atoms with van der Waals surface area (Å²) in [4.78, 5) is 147. The molecule has 2 heterocycles. The maximum Gasteiger partial charge on any atom is 0.326 e. The average molecular weight is 1200 g/mol. The van der Waals surface area contributed by atoms with Crippen LogP contribution in [0.4, 0.5) is 0 Å². The van der Waals surface area contributed by atoms with Crippen molar-refractivity contribution in [3.63, 3.8) is 0 Å². The summed E-state index contributed by atoms with van der Waals surface area (Å²) >= 11 is 1.39. The normalized spacial score (nSPS) is 17.3. The van der Waals surface area contributed by atoms with Crippen molar-refractivity contribution >= 4 is 82.8 Å². The molecule has 1 aromatic carbocycles. The van der Waals surface area contributed by atoms with Gasteiger partial charge in [-0.05, 0) is 125 Å². The van der Waals surface area contributed by atoms with E-state index in [-0.39, 0.29) is 113 Å². The number of benzene rings is 1. The van der Waals surface area contributed by atoms with E-state index in [1.54, 1.807) is 46.1 Å². The molecule has 9 amide bonds. The van der Waals surface area contributed by atoms with Crippen LogP contribution < -0.4 is 70.8 Å². The van der Waals surface area contributed by atoms with Gasteiger partial charge in [-0.1, -0.05) is 53.7 Å². The fraction of sp³-hybridized carbons (Fsp3) is 0.673. The van der Waals surface area contributed by atoms with Crippen molar-refractivity contribution in [3.8, 4) is 5.75 Å². The summed E-state index contributed by atoms with van der Waals surface area (Å²) in [6.07, 6.45) is 4.33. The molecule has 2 saturated heterocycles. The number of carboxylic acid groups (broad SMARTS) is 1. The fourth-order valence-corrected chi connectivity index (χ4v) is 10.1. The number of nitrogens with two attached hydrogens (primary N) is 4. The lowest BCUT2D eigenvalue weighted by molar-refractivity contribution is -0.143. The number of nitrogens with zero attached hydrogens (tertiary/aromatic N) is 3. The molecule has 0 aliphatic carbocycles. The third-order valence-electron chi connectivity index (χ3n) is 14.0. The van der Waals surface area contributed by atoms with Crippen LogP contribution in [0.2, 0.25) is 0 Å². The second-order valence-electron chi connectivity index (χ2n) is 22.4. The molecule has 29 heteroatoms. The van der Waals surface area contributed by atoms with Crippen molar-refractivity contribution in [2.24, 2.45) is 50.7 Å². The Kier molecular flexibility index (Phi) is 30.6. The number of carbonyl (C=O) groups is 10. The van der Waals surface area contributed by atoms with Crippen molar-refractivity contribution in [1.82, 2.24) is 52.8 Å². The van der Waals surface area contributed by atoms with E-state index in [1.807, 2.05) is 13.8 Å². The summed E-state index contributed by atoms with van der Waals surface area (Å²) in [5.74, 6) is -8.18. The van der Waals surface area contributed by atoms with Gasteiger partial charge < -0.3 is 85.9 Å². The minimum absolute atomic E-state index is 0.00636. The molecule has 0 spiro atoms. The SMILES string of the molecule is CSCC[C@H](NC(=O)[C@@H]1CCCN1C(=O)[C@H](Cc1ccc(O)cc1)NC(=O)[C@H](CC(C)C)NC(=O)[C@H](CCCN=C(N)N)NC(=O)[C@@H](NC(=O)CNC(=O)[C@@H]1CCCN1)C(C)C)C(=O)N[C@@H](CCCN=C(N)N)C(=O)N[C@@H](CC(C)C)C(=O)O. The number of aliphatic carboxylic acids is 1.